The van der Waals surface area contributed by atoms with Crippen LogP contribution in [-0.2, 0) is 20.8 Å². The third kappa shape index (κ3) is 5.37. The van der Waals surface area contributed by atoms with E-state index >= 15 is 0 Å². The average molecular weight is 524 g/mol. The molecule has 9 heteroatoms. The summed E-state index contributed by atoms with van der Waals surface area (Å²) in [6.45, 7) is 4.19. The molecule has 0 unspecified atom stereocenters. The molecule has 0 atom stereocenters. The summed E-state index contributed by atoms with van der Waals surface area (Å²) in [4.78, 5) is 39.2. The van der Waals surface area contributed by atoms with Gasteiger partial charge in [0.15, 0.2) is 0 Å². The van der Waals surface area contributed by atoms with Crippen molar-refractivity contribution in [3.63, 3.8) is 0 Å². The zero-order chi connectivity index (χ0) is 25.8. The number of hydrogen-bond acceptors (Lipinski definition) is 5. The van der Waals surface area contributed by atoms with E-state index < -0.39 is 11.8 Å². The third-order valence-corrected chi connectivity index (χ3v) is 6.25. The molecule has 0 aromatic heterocycles. The second-order valence-electron chi connectivity index (χ2n) is 8.04. The largest absolute Gasteiger partial charge is 0.492 e. The first kappa shape index (κ1) is 25.3. The van der Waals surface area contributed by atoms with Crippen LogP contribution in [0, 0.1) is 6.92 Å². The molecule has 0 bridgehead atoms. The fraction of sp³-hybridized carbons (Fsp3) is 0.148. The van der Waals surface area contributed by atoms with Crippen molar-refractivity contribution in [3.05, 3.63) is 93.6 Å². The maximum atomic E-state index is 13.0. The summed E-state index contributed by atoms with van der Waals surface area (Å²) < 4.78 is 5.54. The molecule has 3 aromatic carbocycles. The molecular formula is C27H23Cl2N3O4. The lowest BCUT2D eigenvalue weighted by atomic mass is 10.1. The molecule has 2 N–H and O–H groups in total. The maximum absolute atomic E-state index is 13.0. The molecule has 1 aliphatic heterocycles. The minimum atomic E-state index is -0.635. The highest BCUT2D eigenvalue weighted by Crippen LogP contribution is 2.32. The first-order chi connectivity index (χ1) is 17.3. The van der Waals surface area contributed by atoms with Crippen LogP contribution in [0.5, 0.6) is 5.75 Å². The second-order valence-corrected chi connectivity index (χ2v) is 8.83. The number of anilines is 3. The molecule has 184 valence electrons. The van der Waals surface area contributed by atoms with Gasteiger partial charge in [-0.25, -0.2) is 4.90 Å². The van der Waals surface area contributed by atoms with Crippen LogP contribution in [0.2, 0.25) is 5.02 Å². The summed E-state index contributed by atoms with van der Waals surface area (Å²) in [7, 11) is 0. The van der Waals surface area contributed by atoms with Gasteiger partial charge in [0.1, 0.15) is 16.5 Å². The van der Waals surface area contributed by atoms with Crippen LogP contribution in [0.1, 0.15) is 18.1 Å². The lowest BCUT2D eigenvalue weighted by Crippen LogP contribution is -2.32. The zero-order valence-corrected chi connectivity index (χ0v) is 21.1. The molecule has 3 aromatic rings. The topological polar surface area (TPSA) is 87.7 Å². The van der Waals surface area contributed by atoms with Gasteiger partial charge in [-0.05, 0) is 61.4 Å². The number of carbonyl (C=O) groups excluding carboxylic acids is 3. The van der Waals surface area contributed by atoms with Crippen molar-refractivity contribution in [1.82, 2.24) is 0 Å². The molecule has 0 saturated carbocycles. The quantitative estimate of drug-likeness (QED) is 0.371. The number of rotatable bonds is 8. The van der Waals surface area contributed by atoms with Gasteiger partial charge in [0, 0.05) is 10.7 Å². The van der Waals surface area contributed by atoms with Crippen LogP contribution < -0.4 is 20.3 Å². The van der Waals surface area contributed by atoms with Crippen molar-refractivity contribution < 1.29 is 19.1 Å². The Kier molecular flexibility index (Phi) is 7.62. The highest BCUT2D eigenvalue weighted by atomic mass is 35.5. The van der Waals surface area contributed by atoms with Crippen LogP contribution in [0.15, 0.2) is 77.5 Å². The van der Waals surface area contributed by atoms with Crippen molar-refractivity contribution in [2.75, 3.05) is 22.1 Å². The third-order valence-electron chi connectivity index (χ3n) is 5.49. The minimum absolute atomic E-state index is 0.0311. The number of halogens is 2. The van der Waals surface area contributed by atoms with Gasteiger partial charge >= 0.3 is 0 Å². The Bertz CT molecular complexity index is 1370. The van der Waals surface area contributed by atoms with Gasteiger partial charge in [0.2, 0.25) is 5.91 Å². The van der Waals surface area contributed by atoms with E-state index in [4.69, 9.17) is 27.9 Å². The van der Waals surface area contributed by atoms with Gasteiger partial charge in [0.25, 0.3) is 11.8 Å². The van der Waals surface area contributed by atoms with Gasteiger partial charge in [-0.15, -0.1) is 0 Å². The molecule has 0 aliphatic carbocycles. The predicted molar refractivity (Wildman–Crippen MR) is 142 cm³/mol. The number of nitrogens with zero attached hydrogens (tertiary/aromatic N) is 1. The van der Waals surface area contributed by atoms with Crippen LogP contribution in [0.3, 0.4) is 0 Å². The molecule has 1 aliphatic rings. The van der Waals surface area contributed by atoms with Gasteiger partial charge < -0.3 is 15.4 Å². The number of hydrogen-bond donors (Lipinski definition) is 2. The normalized spacial score (nSPS) is 13.3. The Balaban J connectivity index is 1.42. The van der Waals surface area contributed by atoms with E-state index in [0.29, 0.717) is 34.4 Å². The number of para-hydroxylation sites is 2. The molecule has 1 heterocycles. The average Bonchev–Trinajstić information content (AvgIpc) is 3.06. The number of ether oxygens (including phenoxy) is 1. The highest BCUT2D eigenvalue weighted by molar-refractivity contribution is 6.53. The summed E-state index contributed by atoms with van der Waals surface area (Å²) in [5.41, 5.74) is 3.03. The zero-order valence-electron chi connectivity index (χ0n) is 19.6. The van der Waals surface area contributed by atoms with Gasteiger partial charge in [-0.2, -0.15) is 0 Å². The van der Waals surface area contributed by atoms with Crippen LogP contribution in [0.4, 0.5) is 17.1 Å². The Morgan fingerprint density at radius 3 is 2.39 bits per heavy atom. The lowest BCUT2D eigenvalue weighted by Gasteiger charge is -2.16. The number of aryl methyl sites for hydroxylation is 1. The number of nitrogens with one attached hydrogen (secondary N) is 2. The number of carbonyl (C=O) groups is 3. The van der Waals surface area contributed by atoms with Crippen molar-refractivity contribution >= 4 is 58.0 Å². The fourth-order valence-corrected chi connectivity index (χ4v) is 4.04. The minimum Gasteiger partial charge on any atom is -0.492 e. The second kappa shape index (κ2) is 10.8. The molecule has 0 fully saturated rings. The Labute approximate surface area is 218 Å². The molecule has 36 heavy (non-hydrogen) atoms. The van der Waals surface area contributed by atoms with Crippen LogP contribution >= 0.6 is 23.2 Å². The van der Waals surface area contributed by atoms with E-state index in [1.54, 1.807) is 54.6 Å². The molecular weight excluding hydrogens is 501 g/mol. The summed E-state index contributed by atoms with van der Waals surface area (Å²) in [6.07, 6.45) is 0.142. The first-order valence-corrected chi connectivity index (χ1v) is 12.0. The van der Waals surface area contributed by atoms with Gasteiger partial charge in [0.05, 0.1) is 24.4 Å². The molecule has 0 spiro atoms. The summed E-state index contributed by atoms with van der Waals surface area (Å²) >= 11 is 12.4. The summed E-state index contributed by atoms with van der Waals surface area (Å²) in [5, 5.41) is 6.01. The van der Waals surface area contributed by atoms with E-state index in [-0.39, 0.29) is 23.1 Å². The van der Waals surface area contributed by atoms with E-state index in [1.807, 2.05) is 26.0 Å². The number of amides is 3. The number of imide groups is 1. The summed E-state index contributed by atoms with van der Waals surface area (Å²) in [5.74, 6) is -0.806. The Hall–Kier alpha value is -3.81. The molecule has 3 amide bonds. The Morgan fingerprint density at radius 2 is 1.69 bits per heavy atom. The van der Waals surface area contributed by atoms with Crippen molar-refractivity contribution in [1.29, 1.82) is 0 Å². The smallest absolute Gasteiger partial charge is 0.283 e. The first-order valence-electron chi connectivity index (χ1n) is 11.2. The fourth-order valence-electron chi connectivity index (χ4n) is 3.65. The highest BCUT2D eigenvalue weighted by Gasteiger charge is 2.39. The van der Waals surface area contributed by atoms with Crippen LogP contribution in [0.25, 0.3) is 0 Å². The van der Waals surface area contributed by atoms with Crippen LogP contribution in [-0.4, -0.2) is 24.3 Å². The van der Waals surface area contributed by atoms with Crippen molar-refractivity contribution in [2.45, 2.75) is 20.3 Å². The molecule has 4 rings (SSSR count). The van der Waals surface area contributed by atoms with E-state index in [2.05, 4.69) is 10.6 Å². The Morgan fingerprint density at radius 1 is 0.972 bits per heavy atom. The van der Waals surface area contributed by atoms with E-state index in [0.717, 1.165) is 16.0 Å². The maximum Gasteiger partial charge on any atom is 0.283 e. The van der Waals surface area contributed by atoms with E-state index in [1.165, 1.54) is 0 Å². The van der Waals surface area contributed by atoms with E-state index in [9.17, 15) is 14.4 Å². The molecule has 7 nitrogen and oxygen atoms in total. The molecule has 0 saturated heterocycles. The SMILES string of the molecule is CCOc1ccccc1NC(=O)Cc1ccc(NC2=C(Cl)C(=O)N(c3ccc(C)c(Cl)c3)C2=O)cc1. The van der Waals surface area contributed by atoms with Crippen molar-refractivity contribution in [2.24, 2.45) is 0 Å². The van der Waals surface area contributed by atoms with Gasteiger partial charge in [-0.1, -0.05) is 53.5 Å². The van der Waals surface area contributed by atoms with Gasteiger partial charge in [-0.3, -0.25) is 14.4 Å². The monoisotopic (exact) mass is 523 g/mol. The lowest BCUT2D eigenvalue weighted by molar-refractivity contribution is -0.120. The predicted octanol–water partition coefficient (Wildman–Crippen LogP) is 5.66. The number of benzene rings is 3. The summed E-state index contributed by atoms with van der Waals surface area (Å²) in [6, 6.07) is 19.1. The molecule has 0 radical (unpaired) electrons. The van der Waals surface area contributed by atoms with Crippen molar-refractivity contribution in [3.8, 4) is 5.75 Å². The standard InChI is InChI=1S/C27H23Cl2N3O4/c1-3-36-22-7-5-4-6-21(22)31-23(33)14-17-9-11-18(12-10-17)30-25-24(29)26(34)32(27(25)35)19-13-8-16(2)20(28)15-19/h4-13,15,30H,3,14H2,1-2H3,(H,31,33).